The van der Waals surface area contributed by atoms with Crippen LogP contribution >= 0.6 is 0 Å². The van der Waals surface area contributed by atoms with Gasteiger partial charge in [0.25, 0.3) is 0 Å². The van der Waals surface area contributed by atoms with E-state index in [0.717, 1.165) is 17.4 Å². The maximum atomic E-state index is 11.0. The van der Waals surface area contributed by atoms with E-state index < -0.39 is 0 Å². The van der Waals surface area contributed by atoms with Crippen LogP contribution in [0.15, 0.2) is 48.5 Å². The molecule has 0 N–H and O–H groups in total. The summed E-state index contributed by atoms with van der Waals surface area (Å²) in [6.45, 7) is 2.46. The van der Waals surface area contributed by atoms with Gasteiger partial charge >= 0.3 is 0 Å². The van der Waals surface area contributed by atoms with Gasteiger partial charge in [-0.1, -0.05) is 42.5 Å². The first-order valence-electron chi connectivity index (χ1n) is 5.63. The molecule has 2 nitrogen and oxygen atoms in total. The molecule has 0 atom stereocenters. The molecule has 2 rings (SSSR count). The molecule has 0 aliphatic heterocycles. The van der Waals surface area contributed by atoms with Gasteiger partial charge in [-0.25, -0.2) is 0 Å². The van der Waals surface area contributed by atoms with Gasteiger partial charge in [-0.15, -0.1) is 0 Å². The van der Waals surface area contributed by atoms with Crippen LogP contribution in [-0.2, 0) is 0 Å². The molecule has 0 aliphatic carbocycles. The van der Waals surface area contributed by atoms with Crippen molar-refractivity contribution in [3.8, 4) is 16.9 Å². The summed E-state index contributed by atoms with van der Waals surface area (Å²) in [5.74, 6) is 0.663. The van der Waals surface area contributed by atoms with Crippen LogP contribution in [0.3, 0.4) is 0 Å². The molecule has 0 aromatic heterocycles. The molecule has 0 aliphatic rings. The van der Waals surface area contributed by atoms with Crippen molar-refractivity contribution in [3.05, 3.63) is 54.1 Å². The standard InChI is InChI=1S/C15H14O2/c1-2-17-15-13(11-16)9-6-10-14(15)12-7-4-3-5-8-12/h3-11H,2H2,1H3. The fraction of sp³-hybridized carbons (Fsp3) is 0.133. The molecule has 2 aromatic carbocycles. The van der Waals surface area contributed by atoms with Gasteiger partial charge in [-0.2, -0.15) is 0 Å². The molecule has 0 unspecified atom stereocenters. The summed E-state index contributed by atoms with van der Waals surface area (Å²) < 4.78 is 5.58. The van der Waals surface area contributed by atoms with Gasteiger partial charge in [0.2, 0.25) is 0 Å². The number of aldehydes is 1. The largest absolute Gasteiger partial charge is 0.492 e. The highest BCUT2D eigenvalue weighted by Gasteiger charge is 2.10. The second-order valence-corrected chi connectivity index (χ2v) is 3.64. The molecule has 0 spiro atoms. The van der Waals surface area contributed by atoms with Crippen LogP contribution in [0, 0.1) is 0 Å². The molecule has 0 saturated carbocycles. The highest BCUT2D eigenvalue weighted by Crippen LogP contribution is 2.32. The van der Waals surface area contributed by atoms with Crippen molar-refractivity contribution in [2.24, 2.45) is 0 Å². The molecule has 0 bridgehead atoms. The molecule has 0 radical (unpaired) electrons. The molecule has 0 saturated heterocycles. The maximum absolute atomic E-state index is 11.0. The number of para-hydroxylation sites is 1. The van der Waals surface area contributed by atoms with Gasteiger partial charge in [0.15, 0.2) is 6.29 Å². The number of benzene rings is 2. The summed E-state index contributed by atoms with van der Waals surface area (Å²) in [5, 5.41) is 0. The summed E-state index contributed by atoms with van der Waals surface area (Å²) in [6, 6.07) is 15.5. The molecule has 2 aromatic rings. The Kier molecular flexibility index (Phi) is 3.55. The monoisotopic (exact) mass is 226 g/mol. The number of carbonyl (C=O) groups excluding carboxylic acids is 1. The first kappa shape index (κ1) is 11.4. The predicted molar refractivity (Wildman–Crippen MR) is 68.4 cm³/mol. The highest BCUT2D eigenvalue weighted by molar-refractivity contribution is 5.86. The summed E-state index contributed by atoms with van der Waals surface area (Å²) in [6.07, 6.45) is 0.831. The number of hydrogen-bond donors (Lipinski definition) is 0. The van der Waals surface area contributed by atoms with Crippen molar-refractivity contribution in [2.45, 2.75) is 6.92 Å². The van der Waals surface area contributed by atoms with Crippen LogP contribution in [0.25, 0.3) is 11.1 Å². The zero-order valence-corrected chi connectivity index (χ0v) is 9.72. The second-order valence-electron chi connectivity index (χ2n) is 3.64. The third-order valence-electron chi connectivity index (χ3n) is 2.55. The normalized spacial score (nSPS) is 9.94. The predicted octanol–water partition coefficient (Wildman–Crippen LogP) is 3.56. The Balaban J connectivity index is 2.57. The smallest absolute Gasteiger partial charge is 0.153 e. The molecular formula is C15H14O2. The number of carbonyl (C=O) groups is 1. The van der Waals surface area contributed by atoms with Crippen molar-refractivity contribution < 1.29 is 9.53 Å². The Hall–Kier alpha value is -2.09. The van der Waals surface area contributed by atoms with Gasteiger partial charge in [-0.05, 0) is 18.6 Å². The molecule has 86 valence electrons. The number of rotatable bonds is 4. The fourth-order valence-electron chi connectivity index (χ4n) is 1.80. The molecule has 17 heavy (non-hydrogen) atoms. The molecule has 0 fully saturated rings. The summed E-state index contributed by atoms with van der Waals surface area (Å²) >= 11 is 0. The SMILES string of the molecule is CCOc1c(C=O)cccc1-c1ccccc1. The van der Waals surface area contributed by atoms with E-state index in [0.29, 0.717) is 17.9 Å². The van der Waals surface area contributed by atoms with Crippen molar-refractivity contribution in [1.29, 1.82) is 0 Å². The molecule has 0 amide bonds. The van der Waals surface area contributed by atoms with Gasteiger partial charge in [0.05, 0.1) is 12.2 Å². The fourth-order valence-corrected chi connectivity index (χ4v) is 1.80. The van der Waals surface area contributed by atoms with E-state index >= 15 is 0 Å². The van der Waals surface area contributed by atoms with E-state index in [1.807, 2.05) is 49.4 Å². The lowest BCUT2D eigenvalue weighted by molar-refractivity contribution is 0.112. The lowest BCUT2D eigenvalue weighted by atomic mass is 10.0. The minimum Gasteiger partial charge on any atom is -0.492 e. The highest BCUT2D eigenvalue weighted by atomic mass is 16.5. The Bertz CT molecular complexity index is 504. The third-order valence-corrected chi connectivity index (χ3v) is 2.55. The number of hydrogen-bond acceptors (Lipinski definition) is 2. The van der Waals surface area contributed by atoms with E-state index in [9.17, 15) is 4.79 Å². The lowest BCUT2D eigenvalue weighted by Gasteiger charge is -2.12. The Morgan fingerprint density at radius 2 is 1.82 bits per heavy atom. The maximum Gasteiger partial charge on any atom is 0.153 e. The zero-order chi connectivity index (χ0) is 12.1. The van der Waals surface area contributed by atoms with Crippen molar-refractivity contribution >= 4 is 6.29 Å². The quantitative estimate of drug-likeness (QED) is 0.745. The summed E-state index contributed by atoms with van der Waals surface area (Å²) in [4.78, 5) is 11.0. The van der Waals surface area contributed by atoms with Crippen LogP contribution in [-0.4, -0.2) is 12.9 Å². The number of ether oxygens (including phenoxy) is 1. The van der Waals surface area contributed by atoms with Crippen molar-refractivity contribution in [3.63, 3.8) is 0 Å². The van der Waals surface area contributed by atoms with E-state index in [1.54, 1.807) is 6.07 Å². The van der Waals surface area contributed by atoms with Crippen LogP contribution in [0.4, 0.5) is 0 Å². The first-order valence-corrected chi connectivity index (χ1v) is 5.63. The van der Waals surface area contributed by atoms with Gasteiger partial charge < -0.3 is 4.74 Å². The van der Waals surface area contributed by atoms with Gasteiger partial charge in [-0.3, -0.25) is 4.79 Å². The van der Waals surface area contributed by atoms with Crippen molar-refractivity contribution in [2.75, 3.05) is 6.61 Å². The zero-order valence-electron chi connectivity index (χ0n) is 9.72. The summed E-state index contributed by atoms with van der Waals surface area (Å²) in [7, 11) is 0. The third kappa shape index (κ3) is 2.36. The average Bonchev–Trinajstić information content (AvgIpc) is 2.40. The van der Waals surface area contributed by atoms with E-state index in [2.05, 4.69) is 0 Å². The topological polar surface area (TPSA) is 26.3 Å². The Morgan fingerprint density at radius 3 is 2.47 bits per heavy atom. The Labute approximate surface area is 101 Å². The summed E-state index contributed by atoms with van der Waals surface area (Å²) in [5.41, 5.74) is 2.60. The lowest BCUT2D eigenvalue weighted by Crippen LogP contribution is -1.98. The van der Waals surface area contributed by atoms with E-state index in [4.69, 9.17) is 4.74 Å². The molecular weight excluding hydrogens is 212 g/mol. The van der Waals surface area contributed by atoms with E-state index in [1.165, 1.54) is 0 Å². The van der Waals surface area contributed by atoms with Gasteiger partial charge in [0.1, 0.15) is 5.75 Å². The molecule has 0 heterocycles. The van der Waals surface area contributed by atoms with Crippen LogP contribution in [0.5, 0.6) is 5.75 Å². The first-order chi connectivity index (χ1) is 8.36. The van der Waals surface area contributed by atoms with Crippen LogP contribution in [0.2, 0.25) is 0 Å². The average molecular weight is 226 g/mol. The minimum atomic E-state index is 0.546. The van der Waals surface area contributed by atoms with E-state index in [-0.39, 0.29) is 0 Å². The Morgan fingerprint density at radius 1 is 1.06 bits per heavy atom. The van der Waals surface area contributed by atoms with Crippen molar-refractivity contribution in [1.82, 2.24) is 0 Å². The van der Waals surface area contributed by atoms with Gasteiger partial charge in [0, 0.05) is 5.56 Å². The minimum absolute atomic E-state index is 0.546. The molecule has 2 heteroatoms. The second kappa shape index (κ2) is 5.30. The van der Waals surface area contributed by atoms with Crippen LogP contribution in [0.1, 0.15) is 17.3 Å². The van der Waals surface area contributed by atoms with Crippen LogP contribution < -0.4 is 4.74 Å².